The van der Waals surface area contributed by atoms with E-state index in [2.05, 4.69) is 10.3 Å². The zero-order valence-electron chi connectivity index (χ0n) is 19.9. The molecule has 4 rings (SSSR count). The van der Waals surface area contributed by atoms with Crippen molar-refractivity contribution < 1.29 is 14.7 Å². The summed E-state index contributed by atoms with van der Waals surface area (Å²) in [5, 5.41) is 13.0. The largest absolute Gasteiger partial charge is 0.480 e. The van der Waals surface area contributed by atoms with Crippen LogP contribution in [0.25, 0.3) is 11.1 Å². The van der Waals surface area contributed by atoms with Crippen LogP contribution >= 0.6 is 23.2 Å². The normalized spacial score (nSPS) is 11.6. The number of nitrogens with one attached hydrogen (secondary N) is 2. The molecule has 0 aliphatic rings. The van der Waals surface area contributed by atoms with Crippen molar-refractivity contribution >= 4 is 35.1 Å². The molecule has 1 atom stereocenters. The molecule has 0 saturated heterocycles. The number of aryl methyl sites for hydroxylation is 1. The van der Waals surface area contributed by atoms with Gasteiger partial charge in [-0.25, -0.2) is 4.79 Å². The van der Waals surface area contributed by atoms with Crippen LogP contribution in [0.5, 0.6) is 0 Å². The molecular weight excluding hydrogens is 511 g/mol. The molecule has 3 N–H and O–H groups in total. The number of halogens is 2. The quantitative estimate of drug-likeness (QED) is 0.271. The number of carboxylic acids is 1. The lowest BCUT2D eigenvalue weighted by atomic mass is 9.95. The number of carboxylic acid groups (broad SMARTS) is 1. The molecule has 1 heterocycles. The maximum atomic E-state index is 12.8. The highest BCUT2D eigenvalue weighted by atomic mass is 35.5. The fourth-order valence-electron chi connectivity index (χ4n) is 4.22. The third kappa shape index (κ3) is 6.10. The number of aliphatic carboxylic acids is 1. The minimum atomic E-state index is -1.17. The van der Waals surface area contributed by atoms with E-state index >= 15 is 0 Å². The second-order valence-electron chi connectivity index (χ2n) is 8.68. The standard InChI is InChI=1S/C29H24Cl2N2O4/c1-17-6-5-9-22(30)25(17)28(35)33-24(29(36)37)15-19-10-12-20(13-11-19)26-21(23(31)16-32-27(26)34)14-18-7-3-2-4-8-18/h2-13,16,24H,14-15H2,1H3,(H,32,34)(H,33,35)(H,36,37)/t24-/m0/s1. The van der Waals surface area contributed by atoms with E-state index in [1.165, 1.54) is 6.20 Å². The number of H-pyrrole nitrogens is 1. The first-order chi connectivity index (χ1) is 17.7. The van der Waals surface area contributed by atoms with Crippen LogP contribution < -0.4 is 10.9 Å². The van der Waals surface area contributed by atoms with Crippen molar-refractivity contribution in [1.29, 1.82) is 0 Å². The number of benzene rings is 3. The number of aromatic nitrogens is 1. The summed E-state index contributed by atoms with van der Waals surface area (Å²) in [5.74, 6) is -1.72. The maximum absolute atomic E-state index is 12.8. The van der Waals surface area contributed by atoms with Gasteiger partial charge in [0, 0.05) is 12.6 Å². The van der Waals surface area contributed by atoms with E-state index in [1.54, 1.807) is 49.4 Å². The van der Waals surface area contributed by atoms with Crippen molar-refractivity contribution in [1.82, 2.24) is 10.3 Å². The van der Waals surface area contributed by atoms with Gasteiger partial charge in [0.25, 0.3) is 11.5 Å². The lowest BCUT2D eigenvalue weighted by molar-refractivity contribution is -0.139. The number of carbonyl (C=O) groups is 2. The fourth-order valence-corrected chi connectivity index (χ4v) is 4.74. The maximum Gasteiger partial charge on any atom is 0.326 e. The zero-order valence-corrected chi connectivity index (χ0v) is 21.4. The Hall–Kier alpha value is -3.87. The molecule has 4 aromatic rings. The summed E-state index contributed by atoms with van der Waals surface area (Å²) in [6, 6.07) is 20.6. The molecule has 0 aliphatic heterocycles. The minimum Gasteiger partial charge on any atom is -0.480 e. The Morgan fingerprint density at radius 1 is 0.919 bits per heavy atom. The summed E-state index contributed by atoms with van der Waals surface area (Å²) in [4.78, 5) is 40.2. The van der Waals surface area contributed by atoms with Gasteiger partial charge in [0.05, 0.1) is 21.2 Å². The van der Waals surface area contributed by atoms with E-state index in [4.69, 9.17) is 23.2 Å². The highest BCUT2D eigenvalue weighted by Gasteiger charge is 2.23. The van der Waals surface area contributed by atoms with Gasteiger partial charge < -0.3 is 15.4 Å². The minimum absolute atomic E-state index is 0.0492. The summed E-state index contributed by atoms with van der Waals surface area (Å²) >= 11 is 12.6. The average Bonchev–Trinajstić information content (AvgIpc) is 2.87. The number of rotatable bonds is 8. The number of hydrogen-bond acceptors (Lipinski definition) is 3. The Morgan fingerprint density at radius 2 is 1.62 bits per heavy atom. The van der Waals surface area contributed by atoms with Crippen molar-refractivity contribution in [2.24, 2.45) is 0 Å². The molecule has 188 valence electrons. The van der Waals surface area contributed by atoms with E-state index in [9.17, 15) is 19.5 Å². The molecule has 8 heteroatoms. The molecule has 0 radical (unpaired) electrons. The summed E-state index contributed by atoms with van der Waals surface area (Å²) < 4.78 is 0. The number of aromatic amines is 1. The van der Waals surface area contributed by atoms with Crippen molar-refractivity contribution in [3.05, 3.63) is 127 Å². The first-order valence-electron chi connectivity index (χ1n) is 11.6. The first-order valence-corrected chi connectivity index (χ1v) is 12.3. The summed E-state index contributed by atoms with van der Waals surface area (Å²) in [6.45, 7) is 1.74. The van der Waals surface area contributed by atoms with E-state index in [0.29, 0.717) is 39.3 Å². The van der Waals surface area contributed by atoms with Gasteiger partial charge in [-0.2, -0.15) is 0 Å². The Labute approximate surface area is 223 Å². The van der Waals surface area contributed by atoms with E-state index < -0.39 is 17.9 Å². The lowest BCUT2D eigenvalue weighted by Crippen LogP contribution is -2.42. The molecule has 0 aliphatic carbocycles. The van der Waals surface area contributed by atoms with Crippen LogP contribution in [0.1, 0.15) is 32.6 Å². The second-order valence-corrected chi connectivity index (χ2v) is 9.49. The van der Waals surface area contributed by atoms with Gasteiger partial charge in [0.15, 0.2) is 0 Å². The summed E-state index contributed by atoms with van der Waals surface area (Å²) in [6.07, 6.45) is 2.02. The SMILES string of the molecule is Cc1cccc(Cl)c1C(=O)N[C@@H](Cc1ccc(-c2c(Cc3ccccc3)c(Cl)c[nH]c2=O)cc1)C(=O)O. The van der Waals surface area contributed by atoms with Gasteiger partial charge in [-0.3, -0.25) is 9.59 Å². The van der Waals surface area contributed by atoms with Crippen molar-refractivity contribution in [2.45, 2.75) is 25.8 Å². The van der Waals surface area contributed by atoms with Crippen LogP contribution in [0.4, 0.5) is 0 Å². The highest BCUT2D eigenvalue weighted by molar-refractivity contribution is 6.34. The van der Waals surface area contributed by atoms with Gasteiger partial charge in [-0.05, 0) is 47.2 Å². The molecule has 37 heavy (non-hydrogen) atoms. The van der Waals surface area contributed by atoms with Gasteiger partial charge >= 0.3 is 5.97 Å². The Morgan fingerprint density at radius 3 is 2.27 bits per heavy atom. The van der Waals surface area contributed by atoms with Crippen LogP contribution in [-0.4, -0.2) is 28.0 Å². The fraction of sp³-hybridized carbons (Fsp3) is 0.138. The molecule has 0 bridgehead atoms. The van der Waals surface area contributed by atoms with Crippen molar-refractivity contribution in [3.8, 4) is 11.1 Å². The van der Waals surface area contributed by atoms with E-state index in [1.807, 2.05) is 30.3 Å². The third-order valence-corrected chi connectivity index (χ3v) is 6.76. The average molecular weight is 535 g/mol. The zero-order chi connectivity index (χ0) is 26.5. The lowest BCUT2D eigenvalue weighted by Gasteiger charge is -2.17. The number of hydrogen-bond donors (Lipinski definition) is 3. The molecule has 0 saturated carbocycles. The molecular formula is C29H24Cl2N2O4. The molecule has 0 spiro atoms. The van der Waals surface area contributed by atoms with E-state index in [0.717, 1.165) is 5.56 Å². The smallest absolute Gasteiger partial charge is 0.326 e. The third-order valence-electron chi connectivity index (χ3n) is 6.11. The topological polar surface area (TPSA) is 99.3 Å². The predicted octanol–water partition coefficient (Wildman–Crippen LogP) is 5.67. The molecule has 6 nitrogen and oxygen atoms in total. The molecule has 1 aromatic heterocycles. The summed E-state index contributed by atoms with van der Waals surface area (Å²) in [5.41, 5.74) is 4.13. The van der Waals surface area contributed by atoms with Crippen molar-refractivity contribution in [2.75, 3.05) is 0 Å². The molecule has 0 unspecified atom stereocenters. The van der Waals surface area contributed by atoms with E-state index in [-0.39, 0.29) is 22.6 Å². The van der Waals surface area contributed by atoms with Gasteiger partial charge in [0.2, 0.25) is 0 Å². The van der Waals surface area contributed by atoms with Crippen LogP contribution in [0, 0.1) is 6.92 Å². The first kappa shape index (κ1) is 26.2. The number of pyridine rings is 1. The number of amides is 1. The molecule has 0 fully saturated rings. The monoisotopic (exact) mass is 534 g/mol. The van der Waals surface area contributed by atoms with Crippen molar-refractivity contribution in [3.63, 3.8) is 0 Å². The Bertz CT molecular complexity index is 1480. The Kier molecular flexibility index (Phi) is 8.11. The van der Waals surface area contributed by atoms with Crippen LogP contribution in [0.15, 0.2) is 83.8 Å². The van der Waals surface area contributed by atoms with Crippen LogP contribution in [0.3, 0.4) is 0 Å². The Balaban J connectivity index is 1.58. The molecule has 3 aromatic carbocycles. The van der Waals surface area contributed by atoms with Crippen LogP contribution in [0.2, 0.25) is 10.0 Å². The van der Waals surface area contributed by atoms with Gasteiger partial charge in [0.1, 0.15) is 6.04 Å². The second kappa shape index (κ2) is 11.5. The van der Waals surface area contributed by atoms with Crippen LogP contribution in [-0.2, 0) is 17.6 Å². The number of carbonyl (C=O) groups excluding carboxylic acids is 1. The predicted molar refractivity (Wildman–Crippen MR) is 146 cm³/mol. The molecule has 1 amide bonds. The van der Waals surface area contributed by atoms with Gasteiger partial charge in [-0.15, -0.1) is 0 Å². The van der Waals surface area contributed by atoms with Gasteiger partial charge in [-0.1, -0.05) is 89.9 Å². The highest BCUT2D eigenvalue weighted by Crippen LogP contribution is 2.28. The summed E-state index contributed by atoms with van der Waals surface area (Å²) in [7, 11) is 0.